The largest absolute Gasteiger partial charge is 0.357 e. The van der Waals surface area contributed by atoms with Gasteiger partial charge in [-0.25, -0.2) is 13.1 Å². The maximum absolute atomic E-state index is 11.5. The van der Waals surface area contributed by atoms with E-state index in [2.05, 4.69) is 45.7 Å². The van der Waals surface area contributed by atoms with Crippen LogP contribution in [0.15, 0.2) is 35.3 Å². The van der Waals surface area contributed by atoms with Gasteiger partial charge in [0.25, 0.3) is 0 Å². The lowest BCUT2D eigenvalue weighted by Gasteiger charge is -2.28. The monoisotopic (exact) mass is 508 g/mol. The van der Waals surface area contributed by atoms with Crippen LogP contribution < -0.4 is 15.4 Å². The minimum absolute atomic E-state index is 0. The van der Waals surface area contributed by atoms with Crippen LogP contribution in [0.4, 0.5) is 0 Å². The minimum atomic E-state index is -3.15. The zero-order valence-corrected chi connectivity index (χ0v) is 19.5. The van der Waals surface area contributed by atoms with Crippen LogP contribution >= 0.6 is 24.0 Å². The zero-order chi connectivity index (χ0) is 18.9. The summed E-state index contributed by atoms with van der Waals surface area (Å²) >= 11 is 0. The topological polar surface area (TPSA) is 82.6 Å². The van der Waals surface area contributed by atoms with E-state index in [1.165, 1.54) is 18.4 Å². The second-order valence-electron chi connectivity index (χ2n) is 6.77. The van der Waals surface area contributed by atoms with E-state index < -0.39 is 10.0 Å². The van der Waals surface area contributed by atoms with Gasteiger partial charge in [-0.15, -0.1) is 24.0 Å². The number of rotatable bonds is 9. The number of nitrogens with zero attached hydrogens (tertiary/aromatic N) is 1. The fourth-order valence-corrected chi connectivity index (χ4v) is 4.06. The summed E-state index contributed by atoms with van der Waals surface area (Å²) in [5.74, 6) is 0.839. The molecule has 1 aliphatic rings. The Labute approximate surface area is 181 Å². The third-order valence-electron chi connectivity index (χ3n) is 4.95. The van der Waals surface area contributed by atoms with Crippen LogP contribution in [0.2, 0.25) is 0 Å². The third-order valence-corrected chi connectivity index (χ3v) is 6.35. The Balaban J connectivity index is 0.00000364. The quantitative estimate of drug-likeness (QED) is 0.207. The van der Waals surface area contributed by atoms with Crippen molar-refractivity contribution in [1.29, 1.82) is 0 Å². The molecule has 1 aromatic carbocycles. The van der Waals surface area contributed by atoms with Gasteiger partial charge in [-0.2, -0.15) is 0 Å². The minimum Gasteiger partial charge on any atom is -0.357 e. The van der Waals surface area contributed by atoms with Crippen molar-refractivity contribution in [3.63, 3.8) is 0 Å². The molecule has 0 radical (unpaired) electrons. The Morgan fingerprint density at radius 3 is 2.33 bits per heavy atom. The first-order valence-electron chi connectivity index (χ1n) is 9.56. The summed E-state index contributed by atoms with van der Waals surface area (Å²) in [7, 11) is -3.15. The Bertz CT molecular complexity index is 674. The van der Waals surface area contributed by atoms with Gasteiger partial charge in [-0.1, -0.05) is 43.2 Å². The lowest BCUT2D eigenvalue weighted by molar-refractivity contribution is 0.452. The van der Waals surface area contributed by atoms with Gasteiger partial charge in [0.2, 0.25) is 10.0 Å². The van der Waals surface area contributed by atoms with Crippen molar-refractivity contribution in [2.45, 2.75) is 44.9 Å². The van der Waals surface area contributed by atoms with Gasteiger partial charge in [0.1, 0.15) is 0 Å². The van der Waals surface area contributed by atoms with Crippen LogP contribution in [0.5, 0.6) is 0 Å². The predicted molar refractivity (Wildman–Crippen MR) is 123 cm³/mol. The van der Waals surface area contributed by atoms with Crippen molar-refractivity contribution in [3.05, 3.63) is 35.9 Å². The van der Waals surface area contributed by atoms with Gasteiger partial charge < -0.3 is 10.6 Å². The molecule has 0 amide bonds. The standard InChI is InChI=1S/C19H32N4O2S.HI/c1-3-20-18(21-14-15-23-26(24,25)4-2)22-16-19(12-8-9-13-19)17-10-6-5-7-11-17;/h5-7,10-11,23H,3-4,8-9,12-16H2,1-2H3,(H2,20,21,22);1H. The molecule has 6 nitrogen and oxygen atoms in total. The summed E-state index contributed by atoms with van der Waals surface area (Å²) in [5, 5.41) is 6.47. The number of guanidine groups is 1. The van der Waals surface area contributed by atoms with Crippen molar-refractivity contribution in [3.8, 4) is 0 Å². The van der Waals surface area contributed by atoms with Gasteiger partial charge in [0.15, 0.2) is 5.96 Å². The highest BCUT2D eigenvalue weighted by atomic mass is 127. The molecular weight excluding hydrogens is 475 g/mol. The highest BCUT2D eigenvalue weighted by molar-refractivity contribution is 14.0. The Morgan fingerprint density at radius 2 is 1.74 bits per heavy atom. The molecule has 1 aromatic rings. The van der Waals surface area contributed by atoms with Crippen molar-refractivity contribution in [2.75, 3.05) is 31.9 Å². The molecule has 8 heteroatoms. The van der Waals surface area contributed by atoms with E-state index in [1.54, 1.807) is 6.92 Å². The molecule has 0 aromatic heterocycles. The van der Waals surface area contributed by atoms with Gasteiger partial charge >= 0.3 is 0 Å². The zero-order valence-electron chi connectivity index (χ0n) is 16.3. The van der Waals surface area contributed by atoms with E-state index in [-0.39, 0.29) is 35.1 Å². The Kier molecular flexibility index (Phi) is 10.6. The summed E-state index contributed by atoms with van der Waals surface area (Å²) in [4.78, 5) is 4.82. The van der Waals surface area contributed by atoms with Gasteiger partial charge in [0.05, 0.1) is 12.3 Å². The summed E-state index contributed by atoms with van der Waals surface area (Å²) in [6.07, 6.45) is 4.81. The van der Waals surface area contributed by atoms with Crippen LogP contribution in [0.3, 0.4) is 0 Å². The van der Waals surface area contributed by atoms with Crippen LogP contribution in [0.1, 0.15) is 45.1 Å². The summed E-state index contributed by atoms with van der Waals surface area (Å²) in [6, 6.07) is 10.7. The maximum atomic E-state index is 11.5. The number of sulfonamides is 1. The van der Waals surface area contributed by atoms with E-state index in [9.17, 15) is 8.42 Å². The number of hydrogen-bond donors (Lipinski definition) is 3. The molecule has 0 unspecified atom stereocenters. The average Bonchev–Trinajstić information content (AvgIpc) is 3.14. The van der Waals surface area contributed by atoms with E-state index >= 15 is 0 Å². The summed E-state index contributed by atoms with van der Waals surface area (Å²) in [6.45, 7) is 6.02. The first-order valence-corrected chi connectivity index (χ1v) is 11.2. The Morgan fingerprint density at radius 1 is 1.07 bits per heavy atom. The predicted octanol–water partition coefficient (Wildman–Crippen LogP) is 2.61. The number of benzene rings is 1. The molecule has 0 heterocycles. The second-order valence-corrected chi connectivity index (χ2v) is 8.87. The molecule has 1 aliphatic carbocycles. The van der Waals surface area contributed by atoms with Crippen LogP contribution in [-0.4, -0.2) is 46.3 Å². The normalized spacial score (nSPS) is 16.6. The van der Waals surface area contributed by atoms with E-state index in [4.69, 9.17) is 4.99 Å². The van der Waals surface area contributed by atoms with Crippen LogP contribution in [0, 0.1) is 0 Å². The van der Waals surface area contributed by atoms with Crippen molar-refractivity contribution in [1.82, 2.24) is 15.4 Å². The Hall–Kier alpha value is -0.870. The van der Waals surface area contributed by atoms with E-state index in [0.717, 1.165) is 31.9 Å². The fraction of sp³-hybridized carbons (Fsp3) is 0.632. The summed E-state index contributed by atoms with van der Waals surface area (Å²) in [5.41, 5.74) is 1.49. The number of nitrogens with one attached hydrogen (secondary N) is 3. The van der Waals surface area contributed by atoms with Crippen molar-refractivity contribution >= 4 is 40.0 Å². The number of hydrogen-bond acceptors (Lipinski definition) is 3. The highest BCUT2D eigenvalue weighted by Gasteiger charge is 2.35. The van der Waals surface area contributed by atoms with Gasteiger partial charge in [-0.3, -0.25) is 4.99 Å². The molecule has 2 rings (SSSR count). The summed E-state index contributed by atoms with van der Waals surface area (Å²) < 4.78 is 25.5. The molecule has 154 valence electrons. The highest BCUT2D eigenvalue weighted by Crippen LogP contribution is 2.41. The molecule has 1 saturated carbocycles. The molecular formula is C19H33IN4O2S. The van der Waals surface area contributed by atoms with Crippen LogP contribution in [-0.2, 0) is 15.4 Å². The molecule has 0 saturated heterocycles. The van der Waals surface area contributed by atoms with Gasteiger partial charge in [0, 0.05) is 25.0 Å². The molecule has 1 fully saturated rings. The average molecular weight is 508 g/mol. The lowest BCUT2D eigenvalue weighted by Crippen LogP contribution is -2.42. The number of halogens is 1. The molecule has 0 aliphatic heterocycles. The van der Waals surface area contributed by atoms with Gasteiger partial charge in [-0.05, 0) is 32.3 Å². The number of aliphatic imine (C=N–C) groups is 1. The maximum Gasteiger partial charge on any atom is 0.211 e. The second kappa shape index (κ2) is 11.9. The first kappa shape index (κ1) is 24.2. The molecule has 3 N–H and O–H groups in total. The fourth-order valence-electron chi connectivity index (χ4n) is 3.44. The molecule has 0 bridgehead atoms. The lowest BCUT2D eigenvalue weighted by atomic mass is 9.79. The van der Waals surface area contributed by atoms with Crippen molar-refractivity contribution in [2.24, 2.45) is 4.99 Å². The molecule has 0 spiro atoms. The smallest absolute Gasteiger partial charge is 0.211 e. The van der Waals surface area contributed by atoms with Crippen LogP contribution in [0.25, 0.3) is 0 Å². The van der Waals surface area contributed by atoms with Crippen molar-refractivity contribution < 1.29 is 8.42 Å². The molecule has 0 atom stereocenters. The van der Waals surface area contributed by atoms with E-state index in [1.807, 2.05) is 6.92 Å². The SMILES string of the molecule is CCNC(=NCC1(c2ccccc2)CCCC1)NCCNS(=O)(=O)CC.I. The third kappa shape index (κ3) is 7.57. The first-order chi connectivity index (χ1) is 12.5. The van der Waals surface area contributed by atoms with E-state index in [0.29, 0.717) is 13.1 Å². The molecule has 27 heavy (non-hydrogen) atoms.